The second-order valence-corrected chi connectivity index (χ2v) is 6.47. The molecule has 11 heteroatoms. The van der Waals surface area contributed by atoms with Crippen LogP contribution in [0.25, 0.3) is 6.08 Å². The summed E-state index contributed by atoms with van der Waals surface area (Å²) in [6.07, 6.45) is 1.38. The number of urea groups is 1. The average Bonchev–Trinajstić information content (AvgIpc) is 2.90. The first-order valence-electron chi connectivity index (χ1n) is 8.57. The number of ether oxygens (including phenoxy) is 3. The number of benzene rings is 1. The Morgan fingerprint density at radius 3 is 2.48 bits per heavy atom. The molecule has 1 aliphatic rings. The lowest BCUT2D eigenvalue weighted by Gasteiger charge is -2.14. The van der Waals surface area contributed by atoms with Gasteiger partial charge in [-0.3, -0.25) is 9.59 Å². The lowest BCUT2D eigenvalue weighted by atomic mass is 10.1. The van der Waals surface area contributed by atoms with Crippen LogP contribution in [-0.2, 0) is 19.1 Å². The number of imide groups is 1. The van der Waals surface area contributed by atoms with Crippen molar-refractivity contribution in [1.29, 1.82) is 0 Å². The predicted molar refractivity (Wildman–Crippen MR) is 103 cm³/mol. The summed E-state index contributed by atoms with van der Waals surface area (Å²) in [6, 6.07) is 2.28. The highest BCUT2D eigenvalue weighted by atomic mass is 79.9. The lowest BCUT2D eigenvalue weighted by molar-refractivity contribution is -0.145. The van der Waals surface area contributed by atoms with E-state index in [-0.39, 0.29) is 24.7 Å². The Bertz CT molecular complexity index is 868. The number of carboxylic acids is 1. The Morgan fingerprint density at radius 1 is 1.17 bits per heavy atom. The van der Waals surface area contributed by atoms with Crippen LogP contribution in [-0.4, -0.2) is 60.2 Å². The average molecular weight is 471 g/mol. The number of nitrogens with zero attached hydrogens (tertiary/aromatic N) is 1. The molecule has 29 heavy (non-hydrogen) atoms. The monoisotopic (exact) mass is 470 g/mol. The molecule has 0 unspecified atom stereocenters. The molecule has 1 heterocycles. The summed E-state index contributed by atoms with van der Waals surface area (Å²) in [5.74, 6) is -2.01. The van der Waals surface area contributed by atoms with E-state index in [0.29, 0.717) is 27.3 Å². The minimum Gasteiger partial charge on any atom is -0.490 e. The molecule has 0 radical (unpaired) electrons. The first kappa shape index (κ1) is 22.2. The molecule has 10 nitrogen and oxygen atoms in total. The van der Waals surface area contributed by atoms with E-state index in [4.69, 9.17) is 19.3 Å². The Kier molecular flexibility index (Phi) is 7.59. The normalized spacial score (nSPS) is 14.7. The van der Waals surface area contributed by atoms with Crippen molar-refractivity contribution < 1.29 is 38.5 Å². The smallest absolute Gasteiger partial charge is 0.344 e. The second kappa shape index (κ2) is 9.92. The van der Waals surface area contributed by atoms with Gasteiger partial charge in [0.1, 0.15) is 12.2 Å². The summed E-state index contributed by atoms with van der Waals surface area (Å²) in [5.41, 5.74) is 0.386. The number of hydrogen-bond acceptors (Lipinski definition) is 7. The molecule has 0 aliphatic carbocycles. The maximum atomic E-state index is 12.3. The molecule has 1 aliphatic heterocycles. The fourth-order valence-electron chi connectivity index (χ4n) is 2.39. The standard InChI is InChI=1S/C18H19BrN2O8/c1-3-27-13-6-10(11(19)7-14(13)29-9-16(24)28-4-2)5-12-17(25)21(8-15(22)23)18(26)20-12/h5-7H,3-4,8-9H2,1-2H3,(H,20,26)(H,22,23)/b12-5+. The molecule has 0 bridgehead atoms. The van der Waals surface area contributed by atoms with Crippen molar-refractivity contribution >= 4 is 45.9 Å². The van der Waals surface area contributed by atoms with Crippen molar-refractivity contribution in [2.45, 2.75) is 13.8 Å². The van der Waals surface area contributed by atoms with Gasteiger partial charge in [0.05, 0.1) is 13.2 Å². The van der Waals surface area contributed by atoms with Crippen LogP contribution in [0, 0.1) is 0 Å². The van der Waals surface area contributed by atoms with Crippen molar-refractivity contribution in [1.82, 2.24) is 10.2 Å². The molecule has 0 saturated carbocycles. The van der Waals surface area contributed by atoms with Crippen LogP contribution in [0.5, 0.6) is 11.5 Å². The van der Waals surface area contributed by atoms with Crippen molar-refractivity contribution in [2.24, 2.45) is 0 Å². The maximum Gasteiger partial charge on any atom is 0.344 e. The quantitative estimate of drug-likeness (QED) is 0.317. The number of carbonyl (C=O) groups is 4. The molecule has 1 fully saturated rings. The molecule has 0 atom stereocenters. The van der Waals surface area contributed by atoms with Gasteiger partial charge in [-0.25, -0.2) is 14.5 Å². The zero-order valence-corrected chi connectivity index (χ0v) is 17.3. The van der Waals surface area contributed by atoms with Crippen LogP contribution in [0.15, 0.2) is 22.3 Å². The Balaban J connectivity index is 2.29. The van der Waals surface area contributed by atoms with Gasteiger partial charge < -0.3 is 24.6 Å². The lowest BCUT2D eigenvalue weighted by Crippen LogP contribution is -2.35. The first-order valence-corrected chi connectivity index (χ1v) is 9.37. The SMILES string of the molecule is CCOC(=O)COc1cc(Br)c(/C=C2/NC(=O)N(CC(=O)O)C2=O)cc1OCC. The van der Waals surface area contributed by atoms with E-state index in [0.717, 1.165) is 0 Å². The van der Waals surface area contributed by atoms with E-state index >= 15 is 0 Å². The molecule has 1 saturated heterocycles. The van der Waals surface area contributed by atoms with E-state index in [1.54, 1.807) is 26.0 Å². The third kappa shape index (κ3) is 5.70. The number of amides is 3. The molecule has 1 aromatic rings. The molecule has 156 valence electrons. The molecule has 0 spiro atoms. The van der Waals surface area contributed by atoms with Crippen molar-refractivity contribution in [3.8, 4) is 11.5 Å². The number of hydrogen-bond donors (Lipinski definition) is 2. The number of carbonyl (C=O) groups excluding carboxylic acids is 3. The van der Waals surface area contributed by atoms with E-state index in [9.17, 15) is 19.2 Å². The summed E-state index contributed by atoms with van der Waals surface area (Å²) in [5, 5.41) is 11.2. The van der Waals surface area contributed by atoms with Gasteiger partial charge in [0.2, 0.25) is 0 Å². The van der Waals surface area contributed by atoms with Gasteiger partial charge in [-0.15, -0.1) is 0 Å². The number of carboxylic acid groups (broad SMARTS) is 1. The third-order valence-electron chi connectivity index (χ3n) is 3.57. The van der Waals surface area contributed by atoms with E-state index in [1.165, 1.54) is 6.08 Å². The van der Waals surface area contributed by atoms with Gasteiger partial charge in [0, 0.05) is 4.47 Å². The van der Waals surface area contributed by atoms with Gasteiger partial charge in [-0.1, -0.05) is 15.9 Å². The van der Waals surface area contributed by atoms with Crippen LogP contribution in [0.1, 0.15) is 19.4 Å². The number of rotatable bonds is 9. The Morgan fingerprint density at radius 2 is 1.86 bits per heavy atom. The largest absolute Gasteiger partial charge is 0.490 e. The highest BCUT2D eigenvalue weighted by Crippen LogP contribution is 2.35. The second-order valence-electron chi connectivity index (χ2n) is 5.62. The first-order chi connectivity index (χ1) is 13.8. The highest BCUT2D eigenvalue weighted by Gasteiger charge is 2.35. The van der Waals surface area contributed by atoms with Crippen molar-refractivity contribution in [3.63, 3.8) is 0 Å². The van der Waals surface area contributed by atoms with E-state index in [2.05, 4.69) is 21.2 Å². The van der Waals surface area contributed by atoms with Crippen LogP contribution in [0.3, 0.4) is 0 Å². The summed E-state index contributed by atoms with van der Waals surface area (Å²) >= 11 is 3.34. The summed E-state index contributed by atoms with van der Waals surface area (Å²) in [7, 11) is 0. The fourth-order valence-corrected chi connectivity index (χ4v) is 2.82. The van der Waals surface area contributed by atoms with Gasteiger partial charge in [0.15, 0.2) is 18.1 Å². The van der Waals surface area contributed by atoms with Gasteiger partial charge >= 0.3 is 18.0 Å². The molecule has 3 amide bonds. The van der Waals surface area contributed by atoms with Crippen molar-refractivity contribution in [2.75, 3.05) is 26.4 Å². The fraction of sp³-hybridized carbons (Fsp3) is 0.333. The number of aliphatic carboxylic acids is 1. The molecule has 2 N–H and O–H groups in total. The number of halogens is 1. The minimum atomic E-state index is -1.31. The van der Waals surface area contributed by atoms with Crippen LogP contribution >= 0.6 is 15.9 Å². The van der Waals surface area contributed by atoms with Gasteiger partial charge in [0.25, 0.3) is 5.91 Å². The Hall–Kier alpha value is -3.08. The third-order valence-corrected chi connectivity index (χ3v) is 4.26. The van der Waals surface area contributed by atoms with Crippen molar-refractivity contribution in [3.05, 3.63) is 27.9 Å². The minimum absolute atomic E-state index is 0.0837. The zero-order valence-electron chi connectivity index (χ0n) is 15.7. The molecule has 1 aromatic carbocycles. The van der Waals surface area contributed by atoms with Gasteiger partial charge in [-0.05, 0) is 37.6 Å². The van der Waals surface area contributed by atoms with Gasteiger partial charge in [-0.2, -0.15) is 0 Å². The maximum absolute atomic E-state index is 12.3. The molecular formula is C18H19BrN2O8. The number of nitrogens with one attached hydrogen (secondary N) is 1. The van der Waals surface area contributed by atoms with E-state index in [1.807, 2.05) is 0 Å². The highest BCUT2D eigenvalue weighted by molar-refractivity contribution is 9.10. The van der Waals surface area contributed by atoms with Crippen LogP contribution in [0.4, 0.5) is 4.79 Å². The molecular weight excluding hydrogens is 452 g/mol. The molecule has 2 rings (SSSR count). The molecule has 0 aromatic heterocycles. The Labute approximate surface area is 174 Å². The van der Waals surface area contributed by atoms with E-state index < -0.39 is 30.4 Å². The van der Waals surface area contributed by atoms with Crippen LogP contribution < -0.4 is 14.8 Å². The van der Waals surface area contributed by atoms with Crippen LogP contribution in [0.2, 0.25) is 0 Å². The summed E-state index contributed by atoms with van der Waals surface area (Å²) in [6.45, 7) is 2.95. The summed E-state index contributed by atoms with van der Waals surface area (Å²) in [4.78, 5) is 47.0. The zero-order chi connectivity index (χ0) is 21.6. The predicted octanol–water partition coefficient (Wildman–Crippen LogP) is 1.77. The topological polar surface area (TPSA) is 131 Å². The number of esters is 1. The summed E-state index contributed by atoms with van der Waals surface area (Å²) < 4.78 is 16.3.